The average Bonchev–Trinajstić information content (AvgIpc) is 2.92. The number of carbonyl (C=O) groups excluding carboxylic acids is 1. The number of benzene rings is 1. The lowest BCUT2D eigenvalue weighted by molar-refractivity contribution is -0.159. The van der Waals surface area contributed by atoms with E-state index in [1.54, 1.807) is 13.1 Å². The molecule has 23 heavy (non-hydrogen) atoms. The summed E-state index contributed by atoms with van der Waals surface area (Å²) in [5.41, 5.74) is 3.35. The molecule has 0 aliphatic carbocycles. The van der Waals surface area contributed by atoms with Gasteiger partial charge in [-0.05, 0) is 42.7 Å². The van der Waals surface area contributed by atoms with E-state index < -0.39 is 5.79 Å². The number of amides is 1. The van der Waals surface area contributed by atoms with Crippen molar-refractivity contribution < 1.29 is 19.0 Å². The van der Waals surface area contributed by atoms with Crippen molar-refractivity contribution in [1.29, 1.82) is 0 Å². The highest BCUT2D eigenvalue weighted by Crippen LogP contribution is 2.22. The highest BCUT2D eigenvalue weighted by molar-refractivity contribution is 5.82. The second-order valence-electron chi connectivity index (χ2n) is 6.07. The maximum absolute atomic E-state index is 11.8. The third-order valence-electron chi connectivity index (χ3n) is 3.25. The number of nitrogens with zero attached hydrogens (tertiary/aromatic N) is 1. The fourth-order valence-electron chi connectivity index (χ4n) is 2.08. The second-order valence-corrected chi connectivity index (χ2v) is 6.07. The van der Waals surface area contributed by atoms with Crippen LogP contribution >= 0.6 is 0 Å². The summed E-state index contributed by atoms with van der Waals surface area (Å²) in [5, 5.41) is 3.94. The van der Waals surface area contributed by atoms with Crippen LogP contribution in [-0.4, -0.2) is 37.7 Å². The number of ether oxygens (including phenoxy) is 3. The molecule has 1 fully saturated rings. The molecule has 126 valence electrons. The van der Waals surface area contributed by atoms with E-state index in [1.807, 2.05) is 24.3 Å². The number of nitrogens with one attached hydrogen (secondary N) is 1. The van der Waals surface area contributed by atoms with E-state index in [0.29, 0.717) is 25.7 Å². The van der Waals surface area contributed by atoms with Crippen LogP contribution in [0.5, 0.6) is 5.75 Å². The molecule has 0 spiro atoms. The van der Waals surface area contributed by atoms with Gasteiger partial charge in [0.2, 0.25) is 5.91 Å². The first-order valence-corrected chi connectivity index (χ1v) is 7.79. The minimum atomic E-state index is -0.838. The molecule has 1 aliphatic heterocycles. The molecule has 1 aromatic rings. The Kier molecular flexibility index (Phi) is 6.12. The van der Waals surface area contributed by atoms with Crippen molar-refractivity contribution in [1.82, 2.24) is 5.43 Å². The molecule has 0 radical (unpaired) electrons. The predicted molar refractivity (Wildman–Crippen MR) is 87.4 cm³/mol. The van der Waals surface area contributed by atoms with Gasteiger partial charge in [0.25, 0.3) is 0 Å². The topological polar surface area (TPSA) is 69.2 Å². The van der Waals surface area contributed by atoms with Gasteiger partial charge in [-0.15, -0.1) is 0 Å². The van der Waals surface area contributed by atoms with Crippen LogP contribution in [0.1, 0.15) is 32.8 Å². The Labute approximate surface area is 136 Å². The summed E-state index contributed by atoms with van der Waals surface area (Å²) in [6.07, 6.45) is 1.70. The molecule has 1 heterocycles. The molecule has 0 unspecified atom stereocenters. The van der Waals surface area contributed by atoms with Crippen LogP contribution in [0.25, 0.3) is 0 Å². The number of hydrogen-bond donors (Lipinski definition) is 1. The molecular formula is C17H24N2O4. The van der Waals surface area contributed by atoms with Gasteiger partial charge in [0.15, 0.2) is 5.79 Å². The summed E-state index contributed by atoms with van der Waals surface area (Å²) >= 11 is 0. The van der Waals surface area contributed by atoms with Crippen LogP contribution in [0.3, 0.4) is 0 Å². The first kappa shape index (κ1) is 17.4. The molecule has 0 bridgehead atoms. The zero-order chi connectivity index (χ0) is 16.7. The summed E-state index contributed by atoms with van der Waals surface area (Å²) in [7, 11) is 0. The third kappa shape index (κ3) is 6.00. The van der Waals surface area contributed by atoms with Crippen LogP contribution in [-0.2, 0) is 14.3 Å². The second kappa shape index (κ2) is 8.08. The van der Waals surface area contributed by atoms with Crippen molar-refractivity contribution in [3.63, 3.8) is 0 Å². The number of carbonyl (C=O) groups is 1. The fourth-order valence-corrected chi connectivity index (χ4v) is 2.08. The lowest BCUT2D eigenvalue weighted by Crippen LogP contribution is -2.33. The maximum Gasteiger partial charge on any atom is 0.245 e. The van der Waals surface area contributed by atoms with Crippen molar-refractivity contribution in [2.45, 2.75) is 33.0 Å². The minimum Gasteiger partial charge on any atom is -0.493 e. The summed E-state index contributed by atoms with van der Waals surface area (Å²) < 4.78 is 16.4. The van der Waals surface area contributed by atoms with Crippen LogP contribution in [0, 0.1) is 5.92 Å². The van der Waals surface area contributed by atoms with Gasteiger partial charge in [0.05, 0.1) is 32.5 Å². The first-order valence-electron chi connectivity index (χ1n) is 7.79. The smallest absolute Gasteiger partial charge is 0.245 e. The first-order chi connectivity index (χ1) is 11.0. The minimum absolute atomic E-state index is 0.117. The third-order valence-corrected chi connectivity index (χ3v) is 3.25. The maximum atomic E-state index is 11.8. The average molecular weight is 320 g/mol. The SMILES string of the molecule is CC(C)COc1ccc(/C=N\NC(=O)CC2(C)OCCO2)cc1. The van der Waals surface area contributed by atoms with Crippen molar-refractivity contribution >= 4 is 12.1 Å². The molecule has 6 nitrogen and oxygen atoms in total. The molecule has 1 aliphatic rings. The number of hydrazone groups is 1. The number of rotatable bonds is 7. The molecule has 1 aromatic carbocycles. The number of hydrogen-bond acceptors (Lipinski definition) is 5. The monoisotopic (exact) mass is 320 g/mol. The molecule has 0 atom stereocenters. The molecule has 0 saturated carbocycles. The van der Waals surface area contributed by atoms with Crippen LogP contribution in [0.2, 0.25) is 0 Å². The van der Waals surface area contributed by atoms with Crippen LogP contribution in [0.15, 0.2) is 29.4 Å². The Morgan fingerprint density at radius 1 is 1.35 bits per heavy atom. The van der Waals surface area contributed by atoms with E-state index in [2.05, 4.69) is 24.4 Å². The van der Waals surface area contributed by atoms with Crippen molar-refractivity contribution in [3.8, 4) is 5.75 Å². The van der Waals surface area contributed by atoms with Gasteiger partial charge in [-0.25, -0.2) is 5.43 Å². The molecule has 2 rings (SSSR count). The fraction of sp³-hybridized carbons (Fsp3) is 0.529. The summed E-state index contributed by atoms with van der Waals surface area (Å²) in [6, 6.07) is 7.53. The van der Waals surface area contributed by atoms with E-state index >= 15 is 0 Å². The Hall–Kier alpha value is -1.92. The van der Waals surface area contributed by atoms with Gasteiger partial charge in [-0.2, -0.15) is 5.10 Å². The molecule has 1 amide bonds. The zero-order valence-corrected chi connectivity index (χ0v) is 13.9. The van der Waals surface area contributed by atoms with Gasteiger partial charge in [-0.1, -0.05) is 13.8 Å². The Bertz CT molecular complexity index is 534. The molecule has 1 saturated heterocycles. The van der Waals surface area contributed by atoms with Gasteiger partial charge < -0.3 is 14.2 Å². The quantitative estimate of drug-likeness (QED) is 0.618. The Morgan fingerprint density at radius 3 is 2.61 bits per heavy atom. The highest BCUT2D eigenvalue weighted by Gasteiger charge is 2.33. The van der Waals surface area contributed by atoms with Gasteiger partial charge in [-0.3, -0.25) is 4.79 Å². The summed E-state index contributed by atoms with van der Waals surface area (Å²) in [4.78, 5) is 11.8. The zero-order valence-electron chi connectivity index (χ0n) is 13.9. The Balaban J connectivity index is 1.77. The van der Waals surface area contributed by atoms with Gasteiger partial charge in [0.1, 0.15) is 5.75 Å². The van der Waals surface area contributed by atoms with Gasteiger partial charge >= 0.3 is 0 Å². The van der Waals surface area contributed by atoms with Crippen molar-refractivity contribution in [3.05, 3.63) is 29.8 Å². The van der Waals surface area contributed by atoms with Gasteiger partial charge in [0, 0.05) is 0 Å². The van der Waals surface area contributed by atoms with E-state index in [1.165, 1.54) is 0 Å². The van der Waals surface area contributed by atoms with Crippen LogP contribution < -0.4 is 10.2 Å². The normalized spacial score (nSPS) is 16.9. The van der Waals surface area contributed by atoms with E-state index in [-0.39, 0.29) is 12.3 Å². The van der Waals surface area contributed by atoms with Crippen molar-refractivity contribution in [2.24, 2.45) is 11.0 Å². The van der Waals surface area contributed by atoms with Crippen LogP contribution in [0.4, 0.5) is 0 Å². The molecule has 1 N–H and O–H groups in total. The van der Waals surface area contributed by atoms with E-state index in [0.717, 1.165) is 11.3 Å². The highest BCUT2D eigenvalue weighted by atomic mass is 16.7. The van der Waals surface area contributed by atoms with E-state index in [4.69, 9.17) is 14.2 Å². The standard InChI is InChI=1S/C17H24N2O4/c1-13(2)12-21-15-6-4-14(5-7-15)11-18-19-16(20)10-17(3)22-8-9-23-17/h4-7,11,13H,8-10,12H2,1-3H3,(H,19,20)/b18-11-. The molecule has 0 aromatic heterocycles. The molecule has 6 heteroatoms. The largest absolute Gasteiger partial charge is 0.493 e. The Morgan fingerprint density at radius 2 is 2.00 bits per heavy atom. The molecular weight excluding hydrogens is 296 g/mol. The summed E-state index contributed by atoms with van der Waals surface area (Å²) in [5.74, 6) is 0.224. The van der Waals surface area contributed by atoms with E-state index in [9.17, 15) is 4.79 Å². The van der Waals surface area contributed by atoms with Crippen molar-refractivity contribution in [2.75, 3.05) is 19.8 Å². The predicted octanol–water partition coefficient (Wildman–Crippen LogP) is 2.32. The lowest BCUT2D eigenvalue weighted by Gasteiger charge is -2.20. The lowest BCUT2D eigenvalue weighted by atomic mass is 10.2. The summed E-state index contributed by atoms with van der Waals surface area (Å²) in [6.45, 7) is 7.67.